The molecule has 2 N–H and O–H groups in total. The van der Waals surface area contributed by atoms with Crippen LogP contribution in [-0.4, -0.2) is 63.3 Å². The average Bonchev–Trinajstić information content (AvgIpc) is 2.98. The van der Waals surface area contributed by atoms with Gasteiger partial charge < -0.3 is 15.1 Å². The Morgan fingerprint density at radius 2 is 1.86 bits per heavy atom. The lowest BCUT2D eigenvalue weighted by atomic mass is 10.0. The second-order valence-electron chi connectivity index (χ2n) is 10.7. The summed E-state index contributed by atoms with van der Waals surface area (Å²) in [5, 5.41) is 4.15. The van der Waals surface area contributed by atoms with Gasteiger partial charge in [-0.1, -0.05) is 29.6 Å². The lowest BCUT2D eigenvalue weighted by Gasteiger charge is -2.29. The first-order valence-electron chi connectivity index (χ1n) is 13.9. The van der Waals surface area contributed by atoms with Gasteiger partial charge in [0.2, 0.25) is 5.95 Å². The molecule has 3 heterocycles. The number of amides is 1. The van der Waals surface area contributed by atoms with Gasteiger partial charge in [0.25, 0.3) is 11.5 Å². The van der Waals surface area contributed by atoms with Gasteiger partial charge in [-0.15, -0.1) is 0 Å². The third-order valence-corrected chi connectivity index (χ3v) is 8.06. The van der Waals surface area contributed by atoms with Crippen LogP contribution in [0, 0.1) is 13.8 Å². The molecule has 3 aromatic heterocycles. The summed E-state index contributed by atoms with van der Waals surface area (Å²) in [6, 6.07) is 7.00. The van der Waals surface area contributed by atoms with E-state index in [-0.39, 0.29) is 34.4 Å². The van der Waals surface area contributed by atoms with Crippen molar-refractivity contribution >= 4 is 57.8 Å². The number of benzene rings is 1. The Kier molecular flexibility index (Phi) is 10.1. The molecule has 0 aliphatic carbocycles. The van der Waals surface area contributed by atoms with Crippen LogP contribution in [0.25, 0.3) is 10.9 Å². The number of aromatic nitrogens is 5. The average molecular weight is 624 g/mol. The van der Waals surface area contributed by atoms with Crippen molar-refractivity contribution in [1.29, 1.82) is 0 Å². The van der Waals surface area contributed by atoms with E-state index in [0.29, 0.717) is 22.5 Å². The molecule has 4 rings (SSSR count). The van der Waals surface area contributed by atoms with E-state index in [1.807, 2.05) is 51.9 Å². The number of nitrogens with zero attached hydrogens (tertiary/aromatic N) is 7. The van der Waals surface area contributed by atoms with Crippen LogP contribution in [0.15, 0.2) is 41.5 Å². The molecule has 0 spiro atoms. The fraction of sp³-hybridized carbons (Fsp3) is 0.400. The Balaban J connectivity index is 1.65. The second-order valence-corrected chi connectivity index (χ2v) is 11.7. The van der Waals surface area contributed by atoms with Crippen LogP contribution in [-0.2, 0) is 7.05 Å². The number of rotatable bonds is 11. The Labute approximate surface area is 261 Å². The Morgan fingerprint density at radius 1 is 1.12 bits per heavy atom. The molecule has 0 saturated heterocycles. The van der Waals surface area contributed by atoms with E-state index in [2.05, 4.69) is 36.8 Å². The largest absolute Gasteiger partial charge is 0.377 e. The van der Waals surface area contributed by atoms with Crippen molar-refractivity contribution in [1.82, 2.24) is 29.2 Å². The highest BCUT2D eigenvalue weighted by molar-refractivity contribution is 7.97. The maximum absolute atomic E-state index is 13.7. The standard InChI is InChI=1S/C30H38ClN9O2S/c1-17-13-21(20(4)34-23-9-10-24(31)35-27(23)28(41)37-43-8)26-22(14-17)29(42)40(7)30(36-26)39(6)19(3)11-12-38(5)25-16-32-18(2)15-33-25/h9-10,13-16,19-20,34H,11-12H2,1-8H3,(H,37,41). The summed E-state index contributed by atoms with van der Waals surface area (Å²) in [5.74, 6) is 1.01. The number of nitrogens with one attached hydrogen (secondary N) is 2. The number of hydrogen-bond donors (Lipinski definition) is 2. The minimum Gasteiger partial charge on any atom is -0.377 e. The van der Waals surface area contributed by atoms with Gasteiger partial charge >= 0.3 is 0 Å². The predicted molar refractivity (Wildman–Crippen MR) is 177 cm³/mol. The Morgan fingerprint density at radius 3 is 2.53 bits per heavy atom. The van der Waals surface area contributed by atoms with Gasteiger partial charge in [-0.05, 0) is 57.9 Å². The van der Waals surface area contributed by atoms with Crippen molar-refractivity contribution in [2.24, 2.45) is 7.05 Å². The molecule has 0 fully saturated rings. The molecule has 0 bridgehead atoms. The highest BCUT2D eigenvalue weighted by Crippen LogP contribution is 2.29. The summed E-state index contributed by atoms with van der Waals surface area (Å²) >= 11 is 7.29. The number of pyridine rings is 1. The summed E-state index contributed by atoms with van der Waals surface area (Å²) < 4.78 is 4.30. The van der Waals surface area contributed by atoms with Crippen molar-refractivity contribution < 1.29 is 4.79 Å². The number of carbonyl (C=O) groups excluding carboxylic acids is 1. The van der Waals surface area contributed by atoms with Crippen LogP contribution in [0.5, 0.6) is 0 Å². The normalized spacial score (nSPS) is 12.6. The van der Waals surface area contributed by atoms with E-state index in [1.54, 1.807) is 42.4 Å². The molecule has 0 radical (unpaired) electrons. The van der Waals surface area contributed by atoms with Crippen LogP contribution in [0.3, 0.4) is 0 Å². The molecule has 2 atom stereocenters. The van der Waals surface area contributed by atoms with E-state index in [4.69, 9.17) is 16.6 Å². The minimum absolute atomic E-state index is 0.0681. The summed E-state index contributed by atoms with van der Waals surface area (Å²) in [6.45, 7) is 8.69. The molecule has 13 heteroatoms. The zero-order valence-electron chi connectivity index (χ0n) is 25.8. The summed E-state index contributed by atoms with van der Waals surface area (Å²) in [4.78, 5) is 48.6. The Bertz CT molecular complexity index is 1680. The summed E-state index contributed by atoms with van der Waals surface area (Å²) in [7, 11) is 5.70. The van der Waals surface area contributed by atoms with E-state index < -0.39 is 0 Å². The van der Waals surface area contributed by atoms with Crippen molar-refractivity contribution in [2.75, 3.05) is 42.0 Å². The third kappa shape index (κ3) is 7.19. The second kappa shape index (κ2) is 13.6. The van der Waals surface area contributed by atoms with Gasteiger partial charge in [0.1, 0.15) is 11.0 Å². The van der Waals surface area contributed by atoms with Crippen molar-refractivity contribution in [3.05, 3.63) is 74.7 Å². The van der Waals surface area contributed by atoms with Crippen molar-refractivity contribution in [3.63, 3.8) is 0 Å². The topological polar surface area (TPSA) is 121 Å². The molecule has 11 nitrogen and oxygen atoms in total. The molecule has 0 aliphatic rings. The molecule has 228 valence electrons. The summed E-state index contributed by atoms with van der Waals surface area (Å²) in [6.07, 6.45) is 6.10. The van der Waals surface area contributed by atoms with Gasteiger partial charge in [0, 0.05) is 45.5 Å². The van der Waals surface area contributed by atoms with Gasteiger partial charge in [-0.2, -0.15) is 0 Å². The van der Waals surface area contributed by atoms with E-state index in [1.165, 1.54) is 11.9 Å². The highest BCUT2D eigenvalue weighted by Gasteiger charge is 2.22. The first-order valence-corrected chi connectivity index (χ1v) is 15.5. The molecule has 0 aliphatic heterocycles. The molecule has 0 saturated carbocycles. The van der Waals surface area contributed by atoms with E-state index in [9.17, 15) is 9.59 Å². The van der Waals surface area contributed by atoms with Gasteiger partial charge in [0.15, 0.2) is 5.69 Å². The lowest BCUT2D eigenvalue weighted by Crippen LogP contribution is -2.37. The van der Waals surface area contributed by atoms with Crippen LogP contribution >= 0.6 is 23.5 Å². The maximum Gasteiger partial charge on any atom is 0.281 e. The van der Waals surface area contributed by atoms with E-state index in [0.717, 1.165) is 35.6 Å². The van der Waals surface area contributed by atoms with Crippen LogP contribution in [0.1, 0.15) is 53.6 Å². The Hall–Kier alpha value is -3.90. The number of hydrogen-bond acceptors (Lipinski definition) is 10. The SMILES string of the molecule is CSNC(=O)c1nc(Cl)ccc1NC(C)c1cc(C)cc2c(=O)n(C)c(N(C)C(C)CCN(C)c3cnc(C)cn3)nc12. The first-order chi connectivity index (χ1) is 20.4. The zero-order valence-corrected chi connectivity index (χ0v) is 27.3. The number of halogens is 1. The van der Waals surface area contributed by atoms with E-state index >= 15 is 0 Å². The molecule has 1 aromatic carbocycles. The molecule has 1 amide bonds. The minimum atomic E-state index is -0.358. The van der Waals surface area contributed by atoms with Crippen molar-refractivity contribution in [2.45, 2.75) is 46.2 Å². The number of anilines is 3. The van der Waals surface area contributed by atoms with Crippen LogP contribution < -0.4 is 25.4 Å². The zero-order chi connectivity index (χ0) is 31.4. The van der Waals surface area contributed by atoms with Gasteiger partial charge in [0.05, 0.1) is 40.7 Å². The summed E-state index contributed by atoms with van der Waals surface area (Å²) in [5.41, 5.74) is 3.82. The maximum atomic E-state index is 13.7. The first kappa shape index (κ1) is 32.0. The number of fused-ring (bicyclic) bond motifs is 1. The van der Waals surface area contributed by atoms with Crippen LogP contribution in [0.4, 0.5) is 17.5 Å². The lowest BCUT2D eigenvalue weighted by molar-refractivity contribution is 0.0980. The molecule has 4 aromatic rings. The third-order valence-electron chi connectivity index (χ3n) is 7.46. The monoisotopic (exact) mass is 623 g/mol. The smallest absolute Gasteiger partial charge is 0.281 e. The van der Waals surface area contributed by atoms with Gasteiger partial charge in [-0.25, -0.2) is 15.0 Å². The molecule has 43 heavy (non-hydrogen) atoms. The fourth-order valence-corrected chi connectivity index (χ4v) is 5.26. The molecular weight excluding hydrogens is 586 g/mol. The fourth-order valence-electron chi connectivity index (χ4n) is 4.83. The highest BCUT2D eigenvalue weighted by atomic mass is 35.5. The molecule has 2 unspecified atom stereocenters. The quantitative estimate of drug-likeness (QED) is 0.176. The number of aryl methyl sites for hydroxylation is 2. The van der Waals surface area contributed by atoms with Crippen molar-refractivity contribution in [3.8, 4) is 0 Å². The molecular formula is C30H38ClN9O2S. The number of carbonyl (C=O) groups is 1. The predicted octanol–water partition coefficient (Wildman–Crippen LogP) is 4.92. The van der Waals surface area contributed by atoms with Gasteiger partial charge in [-0.3, -0.25) is 23.9 Å². The van der Waals surface area contributed by atoms with Crippen LogP contribution in [0.2, 0.25) is 5.15 Å².